The number of carbonyl (C=O) groups is 2. The third-order valence-electron chi connectivity index (χ3n) is 6.67. The van der Waals surface area contributed by atoms with Crippen LogP contribution in [0.5, 0.6) is 11.5 Å². The van der Waals surface area contributed by atoms with Gasteiger partial charge in [-0.3, -0.25) is 9.59 Å². The molecule has 1 atom stereocenters. The Morgan fingerprint density at radius 2 is 1.76 bits per heavy atom. The van der Waals surface area contributed by atoms with E-state index >= 15 is 0 Å². The minimum absolute atomic E-state index is 0.0946. The molecule has 6 nitrogen and oxygen atoms in total. The van der Waals surface area contributed by atoms with E-state index < -0.39 is 5.41 Å². The van der Waals surface area contributed by atoms with E-state index in [2.05, 4.69) is 5.32 Å². The second kappa shape index (κ2) is 10.6. The lowest BCUT2D eigenvalue weighted by atomic mass is 9.77. The standard InChI is InChI=1S/C29H30Cl2N2O4/c1-17(2)12-27(34)32-20-8-10-24(31)22(14-20)29(3)23-13-19(30)7-11-25(23)33(28(29)35)16-18-6-9-21(36-4)15-26(18)37-5/h6-11,13-15,17H,12,16H2,1-5H3,(H,32,34). The van der Waals surface area contributed by atoms with Gasteiger partial charge in [-0.25, -0.2) is 0 Å². The Hall–Kier alpha value is -3.22. The van der Waals surface area contributed by atoms with Crippen LogP contribution in [0.25, 0.3) is 0 Å². The highest BCUT2D eigenvalue weighted by atomic mass is 35.5. The zero-order valence-electron chi connectivity index (χ0n) is 21.5. The molecule has 0 spiro atoms. The molecule has 0 fully saturated rings. The second-order valence-electron chi connectivity index (χ2n) is 9.70. The SMILES string of the molecule is COc1ccc(CN2C(=O)C(C)(c3cc(NC(=O)CC(C)C)ccc3Cl)c3cc(Cl)ccc32)c(OC)c1. The summed E-state index contributed by atoms with van der Waals surface area (Å²) in [5, 5.41) is 3.87. The van der Waals surface area contributed by atoms with Crippen LogP contribution in [0.3, 0.4) is 0 Å². The zero-order chi connectivity index (χ0) is 26.9. The van der Waals surface area contributed by atoms with E-state index in [1.165, 1.54) is 0 Å². The molecule has 0 saturated heterocycles. The number of hydrogen-bond donors (Lipinski definition) is 1. The summed E-state index contributed by atoms with van der Waals surface area (Å²) in [6, 6.07) is 16.2. The fraction of sp³-hybridized carbons (Fsp3) is 0.310. The first kappa shape index (κ1) is 26.8. The predicted molar refractivity (Wildman–Crippen MR) is 148 cm³/mol. The molecule has 0 aliphatic carbocycles. The van der Waals surface area contributed by atoms with Gasteiger partial charge in [-0.15, -0.1) is 0 Å². The van der Waals surface area contributed by atoms with Gasteiger partial charge in [-0.05, 0) is 72.5 Å². The molecule has 194 valence electrons. The van der Waals surface area contributed by atoms with E-state index in [1.54, 1.807) is 55.5 Å². The van der Waals surface area contributed by atoms with Gasteiger partial charge < -0.3 is 19.7 Å². The number of fused-ring (bicyclic) bond motifs is 1. The fourth-order valence-corrected chi connectivity index (χ4v) is 5.26. The van der Waals surface area contributed by atoms with Crippen molar-refractivity contribution in [3.63, 3.8) is 0 Å². The van der Waals surface area contributed by atoms with Crippen LogP contribution in [0.2, 0.25) is 10.0 Å². The topological polar surface area (TPSA) is 67.9 Å². The van der Waals surface area contributed by atoms with E-state index in [-0.39, 0.29) is 24.3 Å². The molecule has 0 saturated carbocycles. The third-order valence-corrected chi connectivity index (χ3v) is 7.23. The Morgan fingerprint density at radius 1 is 1.00 bits per heavy atom. The molecule has 2 amide bonds. The summed E-state index contributed by atoms with van der Waals surface area (Å²) in [5.41, 5.74) is 2.34. The molecule has 37 heavy (non-hydrogen) atoms. The minimum atomic E-state index is -1.13. The van der Waals surface area contributed by atoms with E-state index in [0.29, 0.717) is 39.2 Å². The number of halogens is 2. The maximum Gasteiger partial charge on any atom is 0.242 e. The van der Waals surface area contributed by atoms with Gasteiger partial charge in [-0.1, -0.05) is 37.0 Å². The molecule has 0 bridgehead atoms. The van der Waals surface area contributed by atoms with Crippen LogP contribution in [0.4, 0.5) is 11.4 Å². The van der Waals surface area contributed by atoms with Crippen LogP contribution in [-0.2, 0) is 21.5 Å². The lowest BCUT2D eigenvalue weighted by Crippen LogP contribution is -2.39. The van der Waals surface area contributed by atoms with Gasteiger partial charge in [-0.2, -0.15) is 0 Å². The van der Waals surface area contributed by atoms with Gasteiger partial charge in [0.1, 0.15) is 16.9 Å². The molecule has 3 aromatic carbocycles. The van der Waals surface area contributed by atoms with Crippen molar-refractivity contribution >= 4 is 46.4 Å². The van der Waals surface area contributed by atoms with Crippen molar-refractivity contribution in [2.24, 2.45) is 5.92 Å². The van der Waals surface area contributed by atoms with Crippen molar-refractivity contribution in [1.29, 1.82) is 0 Å². The number of anilines is 2. The summed E-state index contributed by atoms with van der Waals surface area (Å²) in [7, 11) is 3.17. The summed E-state index contributed by atoms with van der Waals surface area (Å²) in [4.78, 5) is 28.4. The first-order valence-electron chi connectivity index (χ1n) is 12.0. The number of nitrogens with one attached hydrogen (secondary N) is 1. The molecule has 4 rings (SSSR count). The van der Waals surface area contributed by atoms with Crippen LogP contribution in [0, 0.1) is 5.92 Å². The average molecular weight is 541 g/mol. The normalized spacial score (nSPS) is 16.6. The zero-order valence-corrected chi connectivity index (χ0v) is 23.0. The number of carbonyl (C=O) groups excluding carboxylic acids is 2. The smallest absolute Gasteiger partial charge is 0.242 e. The Kier molecular flexibility index (Phi) is 7.72. The molecule has 0 aromatic heterocycles. The highest BCUT2D eigenvalue weighted by molar-refractivity contribution is 6.33. The van der Waals surface area contributed by atoms with Crippen molar-refractivity contribution in [1.82, 2.24) is 0 Å². The number of amides is 2. The Bertz CT molecular complexity index is 1360. The molecule has 1 unspecified atom stereocenters. The second-order valence-corrected chi connectivity index (χ2v) is 10.5. The van der Waals surface area contributed by atoms with Gasteiger partial charge in [0, 0.05) is 39.5 Å². The fourth-order valence-electron chi connectivity index (χ4n) is 4.78. The van der Waals surface area contributed by atoms with Crippen LogP contribution >= 0.6 is 23.2 Å². The lowest BCUT2D eigenvalue weighted by Gasteiger charge is -2.27. The molecule has 1 N–H and O–H groups in total. The maximum absolute atomic E-state index is 14.2. The lowest BCUT2D eigenvalue weighted by molar-refractivity contribution is -0.121. The number of nitrogens with zero attached hydrogens (tertiary/aromatic N) is 1. The van der Waals surface area contributed by atoms with E-state index in [1.807, 2.05) is 39.0 Å². The number of rotatable bonds is 8. The summed E-state index contributed by atoms with van der Waals surface area (Å²) in [5.74, 6) is 1.24. The number of benzene rings is 3. The number of methoxy groups -OCH3 is 2. The Morgan fingerprint density at radius 3 is 2.43 bits per heavy atom. The summed E-state index contributed by atoms with van der Waals surface area (Å²) in [6.45, 7) is 6.09. The first-order chi connectivity index (χ1) is 17.6. The van der Waals surface area contributed by atoms with Crippen LogP contribution in [-0.4, -0.2) is 26.0 Å². The quantitative estimate of drug-likeness (QED) is 0.339. The van der Waals surface area contributed by atoms with Crippen LogP contribution < -0.4 is 19.7 Å². The highest BCUT2D eigenvalue weighted by Crippen LogP contribution is 2.50. The van der Waals surface area contributed by atoms with E-state index in [9.17, 15) is 9.59 Å². The van der Waals surface area contributed by atoms with Crippen molar-refractivity contribution in [3.05, 3.63) is 81.3 Å². The van der Waals surface area contributed by atoms with Gasteiger partial charge >= 0.3 is 0 Å². The molecule has 1 aliphatic rings. The monoisotopic (exact) mass is 540 g/mol. The van der Waals surface area contributed by atoms with Crippen molar-refractivity contribution < 1.29 is 19.1 Å². The Labute approximate surface area is 227 Å². The van der Waals surface area contributed by atoms with Crippen LogP contribution in [0.15, 0.2) is 54.6 Å². The Balaban J connectivity index is 1.78. The summed E-state index contributed by atoms with van der Waals surface area (Å²) in [6.07, 6.45) is 0.393. The molecule has 3 aromatic rings. The summed E-state index contributed by atoms with van der Waals surface area (Å²) >= 11 is 13.1. The van der Waals surface area contributed by atoms with Gasteiger partial charge in [0.05, 0.1) is 20.8 Å². The number of ether oxygens (including phenoxy) is 2. The van der Waals surface area contributed by atoms with Crippen molar-refractivity contribution in [2.75, 3.05) is 24.4 Å². The van der Waals surface area contributed by atoms with E-state index in [4.69, 9.17) is 32.7 Å². The maximum atomic E-state index is 14.2. The van der Waals surface area contributed by atoms with Gasteiger partial charge in [0.25, 0.3) is 0 Å². The van der Waals surface area contributed by atoms with E-state index in [0.717, 1.165) is 16.8 Å². The molecule has 1 aliphatic heterocycles. The van der Waals surface area contributed by atoms with Crippen LogP contribution in [0.1, 0.15) is 43.9 Å². The molecular formula is C29H30Cl2N2O4. The van der Waals surface area contributed by atoms with Crippen molar-refractivity contribution in [2.45, 2.75) is 39.2 Å². The predicted octanol–water partition coefficient (Wildman–Crippen LogP) is 6.85. The minimum Gasteiger partial charge on any atom is -0.497 e. The van der Waals surface area contributed by atoms with Crippen molar-refractivity contribution in [3.8, 4) is 11.5 Å². The average Bonchev–Trinajstić information content (AvgIpc) is 3.06. The number of hydrogen-bond acceptors (Lipinski definition) is 4. The first-order valence-corrected chi connectivity index (χ1v) is 12.8. The molecule has 8 heteroatoms. The van der Waals surface area contributed by atoms with Gasteiger partial charge in [0.15, 0.2) is 0 Å². The third kappa shape index (κ3) is 5.13. The molecule has 0 radical (unpaired) electrons. The largest absolute Gasteiger partial charge is 0.497 e. The highest BCUT2D eigenvalue weighted by Gasteiger charge is 2.50. The molecule has 1 heterocycles. The summed E-state index contributed by atoms with van der Waals surface area (Å²) < 4.78 is 10.9. The van der Waals surface area contributed by atoms with Gasteiger partial charge in [0.2, 0.25) is 11.8 Å². The molecular weight excluding hydrogens is 511 g/mol.